The lowest BCUT2D eigenvalue weighted by Gasteiger charge is -2.02. The molecular formula is C21H14FNO3. The van der Waals surface area contributed by atoms with E-state index < -0.39 is 5.78 Å². The summed E-state index contributed by atoms with van der Waals surface area (Å²) in [7, 11) is 1.50. The van der Waals surface area contributed by atoms with Crippen molar-refractivity contribution >= 4 is 11.9 Å². The fourth-order valence-electron chi connectivity index (χ4n) is 2.41. The molecule has 0 atom stereocenters. The molecule has 5 heteroatoms. The predicted molar refractivity (Wildman–Crippen MR) is 95.0 cm³/mol. The number of hydrogen-bond donors (Lipinski definition) is 0. The molecule has 3 aromatic rings. The van der Waals surface area contributed by atoms with E-state index >= 15 is 0 Å². The van der Waals surface area contributed by atoms with E-state index in [2.05, 4.69) is 0 Å². The Hall–Kier alpha value is -3.65. The van der Waals surface area contributed by atoms with E-state index in [0.717, 1.165) is 0 Å². The molecule has 1 aromatic heterocycles. The summed E-state index contributed by atoms with van der Waals surface area (Å²) in [6.07, 6.45) is 1.38. The van der Waals surface area contributed by atoms with Crippen molar-refractivity contribution < 1.29 is 18.3 Å². The van der Waals surface area contributed by atoms with E-state index in [9.17, 15) is 14.4 Å². The van der Waals surface area contributed by atoms with Gasteiger partial charge in [-0.2, -0.15) is 5.26 Å². The lowest BCUT2D eigenvalue weighted by molar-refractivity contribution is 0.103. The number of benzene rings is 2. The number of nitriles is 1. The zero-order valence-electron chi connectivity index (χ0n) is 13.9. The predicted octanol–water partition coefficient (Wildman–Crippen LogP) is 4.88. The Kier molecular flexibility index (Phi) is 4.95. The van der Waals surface area contributed by atoms with E-state index in [1.807, 2.05) is 6.07 Å². The van der Waals surface area contributed by atoms with Crippen LogP contribution in [-0.2, 0) is 0 Å². The Labute approximate surface area is 149 Å². The molecule has 0 N–H and O–H groups in total. The standard InChI is InChI=1S/C21H14FNO3/c1-25-18-4-2-3-15(11-18)21(24)16(13-23)12-19-9-10-20(26-19)14-5-7-17(22)8-6-14/h2-12H,1H3/b16-12-. The molecule has 0 spiro atoms. The van der Waals surface area contributed by atoms with Crippen LogP contribution in [0.5, 0.6) is 5.75 Å². The number of allylic oxidation sites excluding steroid dienone is 1. The number of Topliss-reactive ketones (excluding diaryl/α,β-unsaturated/α-hetero) is 1. The number of ether oxygens (including phenoxy) is 1. The number of halogens is 1. The summed E-state index contributed by atoms with van der Waals surface area (Å²) in [6, 6.07) is 17.7. The van der Waals surface area contributed by atoms with Gasteiger partial charge in [-0.05, 0) is 48.5 Å². The number of hydrogen-bond acceptors (Lipinski definition) is 4. The van der Waals surface area contributed by atoms with E-state index in [0.29, 0.717) is 28.4 Å². The molecule has 3 rings (SSSR count). The Bertz CT molecular complexity index is 1010. The molecule has 0 aliphatic rings. The Morgan fingerprint density at radius 2 is 1.92 bits per heavy atom. The van der Waals surface area contributed by atoms with Gasteiger partial charge in [-0.1, -0.05) is 12.1 Å². The van der Waals surface area contributed by atoms with Gasteiger partial charge in [0.25, 0.3) is 0 Å². The number of rotatable bonds is 5. The molecule has 0 aliphatic carbocycles. The largest absolute Gasteiger partial charge is 0.497 e. The van der Waals surface area contributed by atoms with Crippen molar-refractivity contribution in [2.45, 2.75) is 0 Å². The van der Waals surface area contributed by atoms with Crippen LogP contribution in [0, 0.1) is 17.1 Å². The molecular weight excluding hydrogens is 333 g/mol. The highest BCUT2D eigenvalue weighted by Crippen LogP contribution is 2.24. The molecule has 0 saturated carbocycles. The first kappa shape index (κ1) is 17.2. The summed E-state index contributed by atoms with van der Waals surface area (Å²) in [6.45, 7) is 0. The summed E-state index contributed by atoms with van der Waals surface area (Å²) in [5.74, 6) is 0.645. The van der Waals surface area contributed by atoms with Gasteiger partial charge in [-0.15, -0.1) is 0 Å². The third kappa shape index (κ3) is 3.70. The normalized spacial score (nSPS) is 11.0. The number of carbonyl (C=O) groups is 1. The van der Waals surface area contributed by atoms with Gasteiger partial charge in [0.15, 0.2) is 0 Å². The number of carbonyl (C=O) groups excluding carboxylic acids is 1. The van der Waals surface area contributed by atoms with Gasteiger partial charge in [-0.25, -0.2) is 4.39 Å². The summed E-state index contributed by atoms with van der Waals surface area (Å²) >= 11 is 0. The average Bonchev–Trinajstić information content (AvgIpc) is 3.14. The lowest BCUT2D eigenvalue weighted by atomic mass is 10.0. The van der Waals surface area contributed by atoms with Gasteiger partial charge in [0.2, 0.25) is 5.78 Å². The fourth-order valence-corrected chi connectivity index (χ4v) is 2.41. The first-order valence-corrected chi connectivity index (χ1v) is 7.77. The van der Waals surface area contributed by atoms with Crippen LogP contribution < -0.4 is 4.74 Å². The lowest BCUT2D eigenvalue weighted by Crippen LogP contribution is -2.02. The van der Waals surface area contributed by atoms with Crippen LogP contribution in [0.15, 0.2) is 70.7 Å². The maximum absolute atomic E-state index is 13.0. The highest BCUT2D eigenvalue weighted by molar-refractivity contribution is 6.14. The zero-order valence-corrected chi connectivity index (χ0v) is 13.9. The third-order valence-corrected chi connectivity index (χ3v) is 3.74. The van der Waals surface area contributed by atoms with Crippen molar-refractivity contribution in [3.63, 3.8) is 0 Å². The molecule has 4 nitrogen and oxygen atoms in total. The minimum Gasteiger partial charge on any atom is -0.497 e. The van der Waals surface area contributed by atoms with Gasteiger partial charge in [0.05, 0.1) is 7.11 Å². The summed E-state index contributed by atoms with van der Waals surface area (Å²) in [4.78, 5) is 12.5. The van der Waals surface area contributed by atoms with Crippen molar-refractivity contribution in [3.8, 4) is 23.1 Å². The summed E-state index contributed by atoms with van der Waals surface area (Å²) < 4.78 is 23.8. The molecule has 0 aliphatic heterocycles. The summed E-state index contributed by atoms with van der Waals surface area (Å²) in [5.41, 5.74) is 0.990. The second-order valence-electron chi connectivity index (χ2n) is 5.44. The average molecular weight is 347 g/mol. The molecule has 2 aromatic carbocycles. The van der Waals surface area contributed by atoms with E-state index in [1.165, 1.54) is 25.3 Å². The van der Waals surface area contributed by atoms with Crippen molar-refractivity contribution in [1.82, 2.24) is 0 Å². The molecule has 0 saturated heterocycles. The molecule has 0 unspecified atom stereocenters. The van der Waals surface area contributed by atoms with Gasteiger partial charge < -0.3 is 9.15 Å². The molecule has 128 valence electrons. The summed E-state index contributed by atoms with van der Waals surface area (Å²) in [5, 5.41) is 9.35. The van der Waals surface area contributed by atoms with Crippen LogP contribution in [0.1, 0.15) is 16.1 Å². The minimum absolute atomic E-state index is 0.0572. The topological polar surface area (TPSA) is 63.2 Å². The van der Waals surface area contributed by atoms with Crippen LogP contribution in [0.2, 0.25) is 0 Å². The third-order valence-electron chi connectivity index (χ3n) is 3.74. The fraction of sp³-hybridized carbons (Fsp3) is 0.0476. The number of nitrogens with zero attached hydrogens (tertiary/aromatic N) is 1. The Balaban J connectivity index is 1.88. The molecule has 0 bridgehead atoms. The minimum atomic E-state index is -0.425. The number of ketones is 1. The van der Waals surface area contributed by atoms with Gasteiger partial charge in [0.1, 0.15) is 34.7 Å². The Morgan fingerprint density at radius 1 is 1.15 bits per heavy atom. The van der Waals surface area contributed by atoms with Crippen molar-refractivity contribution in [2.75, 3.05) is 7.11 Å². The highest BCUT2D eigenvalue weighted by Gasteiger charge is 2.14. The van der Waals surface area contributed by atoms with Gasteiger partial charge in [0, 0.05) is 17.2 Å². The number of furan rings is 1. The molecule has 1 heterocycles. The van der Waals surface area contributed by atoms with Gasteiger partial charge in [-0.3, -0.25) is 4.79 Å². The van der Waals surface area contributed by atoms with Crippen LogP contribution >= 0.6 is 0 Å². The van der Waals surface area contributed by atoms with Crippen LogP contribution in [0.4, 0.5) is 4.39 Å². The van der Waals surface area contributed by atoms with E-state index in [1.54, 1.807) is 48.5 Å². The number of methoxy groups -OCH3 is 1. The van der Waals surface area contributed by atoms with Crippen LogP contribution in [-0.4, -0.2) is 12.9 Å². The molecule has 0 radical (unpaired) electrons. The Morgan fingerprint density at radius 3 is 2.62 bits per heavy atom. The molecule has 0 amide bonds. The SMILES string of the molecule is COc1cccc(C(=O)/C(C#N)=C\c2ccc(-c3ccc(F)cc3)o2)c1. The zero-order chi connectivity index (χ0) is 18.5. The van der Waals surface area contributed by atoms with Gasteiger partial charge >= 0.3 is 0 Å². The van der Waals surface area contributed by atoms with E-state index in [4.69, 9.17) is 9.15 Å². The molecule has 26 heavy (non-hydrogen) atoms. The highest BCUT2D eigenvalue weighted by atomic mass is 19.1. The quantitative estimate of drug-likeness (QED) is 0.375. The van der Waals surface area contributed by atoms with Crippen molar-refractivity contribution in [2.24, 2.45) is 0 Å². The second-order valence-corrected chi connectivity index (χ2v) is 5.44. The first-order valence-electron chi connectivity index (χ1n) is 7.77. The van der Waals surface area contributed by atoms with Crippen LogP contribution in [0.3, 0.4) is 0 Å². The maximum atomic E-state index is 13.0. The smallest absolute Gasteiger partial charge is 0.203 e. The maximum Gasteiger partial charge on any atom is 0.203 e. The van der Waals surface area contributed by atoms with Crippen LogP contribution in [0.25, 0.3) is 17.4 Å². The molecule has 0 fully saturated rings. The van der Waals surface area contributed by atoms with Crippen molar-refractivity contribution in [1.29, 1.82) is 5.26 Å². The monoisotopic (exact) mass is 347 g/mol. The van der Waals surface area contributed by atoms with E-state index in [-0.39, 0.29) is 11.4 Å². The first-order chi connectivity index (χ1) is 12.6. The second kappa shape index (κ2) is 7.49. The van der Waals surface area contributed by atoms with Crippen molar-refractivity contribution in [3.05, 3.63) is 83.4 Å².